The van der Waals surface area contributed by atoms with Gasteiger partial charge in [-0.3, -0.25) is 5.41 Å². The lowest BCUT2D eigenvalue weighted by molar-refractivity contribution is 0.827. The predicted octanol–water partition coefficient (Wildman–Crippen LogP) is 3.31. The third-order valence-electron chi connectivity index (χ3n) is 3.52. The van der Waals surface area contributed by atoms with Crippen molar-refractivity contribution in [2.45, 2.75) is 20.4 Å². The van der Waals surface area contributed by atoms with Crippen LogP contribution in [0.3, 0.4) is 0 Å². The van der Waals surface area contributed by atoms with E-state index in [0.29, 0.717) is 0 Å². The molecule has 0 radical (unpaired) electrons. The zero-order chi connectivity index (χ0) is 14.5. The standard InChI is InChI=1S/C17H21N3/c1-3-20(16-7-5-4-6-8-16)12-15-10-9-14(17(18)19)11-13(15)2/h4-11H,3,12H2,1-2H3,(H3,18,19). The average molecular weight is 267 g/mol. The summed E-state index contributed by atoms with van der Waals surface area (Å²) in [5.74, 6) is 0.120. The van der Waals surface area contributed by atoms with Gasteiger partial charge in [-0.25, -0.2) is 0 Å². The zero-order valence-electron chi connectivity index (χ0n) is 12.1. The molecular weight excluding hydrogens is 246 g/mol. The number of aryl methyl sites for hydroxylation is 1. The van der Waals surface area contributed by atoms with E-state index in [1.165, 1.54) is 16.8 Å². The van der Waals surface area contributed by atoms with Crippen LogP contribution in [0.15, 0.2) is 48.5 Å². The number of nitrogens with two attached hydrogens (primary N) is 1. The van der Waals surface area contributed by atoms with Crippen LogP contribution in [0.1, 0.15) is 23.6 Å². The Labute approximate surface area is 120 Å². The monoisotopic (exact) mass is 267 g/mol. The number of nitrogens with one attached hydrogen (secondary N) is 1. The first-order chi connectivity index (χ1) is 9.61. The van der Waals surface area contributed by atoms with E-state index in [1.807, 2.05) is 18.2 Å². The van der Waals surface area contributed by atoms with E-state index in [1.54, 1.807) is 0 Å². The summed E-state index contributed by atoms with van der Waals surface area (Å²) in [5.41, 5.74) is 9.97. The van der Waals surface area contributed by atoms with E-state index in [-0.39, 0.29) is 5.84 Å². The second-order valence-electron chi connectivity index (χ2n) is 4.90. The van der Waals surface area contributed by atoms with Crippen LogP contribution in [-0.4, -0.2) is 12.4 Å². The molecule has 0 fully saturated rings. The van der Waals surface area contributed by atoms with E-state index < -0.39 is 0 Å². The van der Waals surface area contributed by atoms with E-state index >= 15 is 0 Å². The minimum absolute atomic E-state index is 0.120. The minimum atomic E-state index is 0.120. The molecule has 0 aliphatic heterocycles. The number of hydrogen-bond donors (Lipinski definition) is 2. The van der Waals surface area contributed by atoms with Crippen molar-refractivity contribution < 1.29 is 0 Å². The normalized spacial score (nSPS) is 10.3. The molecule has 2 aromatic carbocycles. The molecule has 0 aromatic heterocycles. The van der Waals surface area contributed by atoms with Crippen molar-refractivity contribution in [1.29, 1.82) is 5.41 Å². The van der Waals surface area contributed by atoms with E-state index in [4.69, 9.17) is 11.1 Å². The summed E-state index contributed by atoms with van der Waals surface area (Å²) in [5, 5.41) is 7.48. The maximum atomic E-state index is 7.48. The number of rotatable bonds is 5. The largest absolute Gasteiger partial charge is 0.384 e. The van der Waals surface area contributed by atoms with Gasteiger partial charge in [-0.05, 0) is 43.2 Å². The fourth-order valence-electron chi connectivity index (χ4n) is 2.27. The summed E-state index contributed by atoms with van der Waals surface area (Å²) in [7, 11) is 0. The molecule has 0 heterocycles. The molecule has 0 saturated carbocycles. The second-order valence-corrected chi connectivity index (χ2v) is 4.90. The average Bonchev–Trinajstić information content (AvgIpc) is 2.46. The maximum Gasteiger partial charge on any atom is 0.122 e. The molecule has 3 N–H and O–H groups in total. The van der Waals surface area contributed by atoms with Gasteiger partial charge in [0.2, 0.25) is 0 Å². The van der Waals surface area contributed by atoms with Gasteiger partial charge in [0.1, 0.15) is 5.84 Å². The van der Waals surface area contributed by atoms with E-state index in [0.717, 1.165) is 18.7 Å². The van der Waals surface area contributed by atoms with Gasteiger partial charge >= 0.3 is 0 Å². The number of amidine groups is 1. The van der Waals surface area contributed by atoms with E-state index in [9.17, 15) is 0 Å². The molecule has 0 saturated heterocycles. The van der Waals surface area contributed by atoms with Gasteiger partial charge in [0.15, 0.2) is 0 Å². The minimum Gasteiger partial charge on any atom is -0.384 e. The van der Waals surface area contributed by atoms with Gasteiger partial charge in [-0.2, -0.15) is 0 Å². The van der Waals surface area contributed by atoms with Crippen molar-refractivity contribution in [3.8, 4) is 0 Å². The topological polar surface area (TPSA) is 53.1 Å². The lowest BCUT2D eigenvalue weighted by Gasteiger charge is -2.24. The summed E-state index contributed by atoms with van der Waals surface area (Å²) in [6, 6.07) is 16.4. The first-order valence-electron chi connectivity index (χ1n) is 6.85. The van der Waals surface area contributed by atoms with Crippen LogP contribution in [-0.2, 0) is 6.54 Å². The summed E-state index contributed by atoms with van der Waals surface area (Å²) in [4.78, 5) is 2.33. The molecule has 0 unspecified atom stereocenters. The van der Waals surface area contributed by atoms with Crippen LogP contribution in [0.25, 0.3) is 0 Å². The van der Waals surface area contributed by atoms with E-state index in [2.05, 4.69) is 49.1 Å². The van der Waals surface area contributed by atoms with Crippen molar-refractivity contribution in [3.05, 3.63) is 65.2 Å². The highest BCUT2D eigenvalue weighted by Crippen LogP contribution is 2.19. The molecule has 0 amide bonds. The Bertz CT molecular complexity index is 590. The maximum absolute atomic E-state index is 7.48. The third kappa shape index (κ3) is 3.18. The summed E-state index contributed by atoms with van der Waals surface area (Å²) < 4.78 is 0. The van der Waals surface area contributed by atoms with Gasteiger partial charge in [0, 0.05) is 24.3 Å². The first kappa shape index (κ1) is 14.1. The Morgan fingerprint density at radius 2 is 1.85 bits per heavy atom. The Kier molecular flexibility index (Phi) is 4.41. The summed E-state index contributed by atoms with van der Waals surface area (Å²) in [6.45, 7) is 6.05. The number of hydrogen-bond acceptors (Lipinski definition) is 2. The van der Waals surface area contributed by atoms with Crippen molar-refractivity contribution >= 4 is 11.5 Å². The molecule has 3 heteroatoms. The number of anilines is 1. The number of nitrogens with zero attached hydrogens (tertiary/aromatic N) is 1. The molecular formula is C17H21N3. The molecule has 0 spiro atoms. The zero-order valence-corrected chi connectivity index (χ0v) is 12.1. The SMILES string of the molecule is CCN(Cc1ccc(C(=N)N)cc1C)c1ccccc1. The Morgan fingerprint density at radius 3 is 2.40 bits per heavy atom. The molecule has 0 bridgehead atoms. The molecule has 2 rings (SSSR count). The van der Waals surface area contributed by atoms with Gasteiger partial charge < -0.3 is 10.6 Å². The number of para-hydroxylation sites is 1. The highest BCUT2D eigenvalue weighted by molar-refractivity contribution is 5.95. The van der Waals surface area contributed by atoms with Crippen LogP contribution in [0, 0.1) is 12.3 Å². The van der Waals surface area contributed by atoms with Crippen LogP contribution in [0.4, 0.5) is 5.69 Å². The molecule has 3 nitrogen and oxygen atoms in total. The second kappa shape index (κ2) is 6.24. The van der Waals surface area contributed by atoms with Gasteiger partial charge in [0.05, 0.1) is 0 Å². The van der Waals surface area contributed by atoms with Crippen LogP contribution in [0.5, 0.6) is 0 Å². The lowest BCUT2D eigenvalue weighted by atomic mass is 10.0. The smallest absolute Gasteiger partial charge is 0.122 e. The Balaban J connectivity index is 2.22. The van der Waals surface area contributed by atoms with Gasteiger partial charge in [-0.15, -0.1) is 0 Å². The van der Waals surface area contributed by atoms with Crippen LogP contribution >= 0.6 is 0 Å². The highest BCUT2D eigenvalue weighted by Gasteiger charge is 2.08. The van der Waals surface area contributed by atoms with Crippen LogP contribution < -0.4 is 10.6 Å². The van der Waals surface area contributed by atoms with Gasteiger partial charge in [-0.1, -0.05) is 30.3 Å². The molecule has 104 valence electrons. The van der Waals surface area contributed by atoms with Crippen molar-refractivity contribution in [2.75, 3.05) is 11.4 Å². The Hall–Kier alpha value is -2.29. The van der Waals surface area contributed by atoms with Crippen LogP contribution in [0.2, 0.25) is 0 Å². The molecule has 20 heavy (non-hydrogen) atoms. The van der Waals surface area contributed by atoms with Crippen molar-refractivity contribution in [2.24, 2.45) is 5.73 Å². The lowest BCUT2D eigenvalue weighted by Crippen LogP contribution is -2.22. The fourth-order valence-corrected chi connectivity index (χ4v) is 2.27. The van der Waals surface area contributed by atoms with Crippen molar-refractivity contribution in [3.63, 3.8) is 0 Å². The molecule has 0 aliphatic carbocycles. The molecule has 0 aliphatic rings. The number of benzene rings is 2. The summed E-state index contributed by atoms with van der Waals surface area (Å²) >= 11 is 0. The fraction of sp³-hybridized carbons (Fsp3) is 0.235. The quantitative estimate of drug-likeness (QED) is 0.645. The predicted molar refractivity (Wildman–Crippen MR) is 85.4 cm³/mol. The molecule has 2 aromatic rings. The highest BCUT2D eigenvalue weighted by atomic mass is 15.1. The first-order valence-corrected chi connectivity index (χ1v) is 6.85. The van der Waals surface area contributed by atoms with Gasteiger partial charge in [0.25, 0.3) is 0 Å². The molecule has 0 atom stereocenters. The third-order valence-corrected chi connectivity index (χ3v) is 3.52. The Morgan fingerprint density at radius 1 is 1.15 bits per heavy atom. The number of nitrogen functional groups attached to an aromatic ring is 1. The van der Waals surface area contributed by atoms with Crippen molar-refractivity contribution in [1.82, 2.24) is 0 Å². The summed E-state index contributed by atoms with van der Waals surface area (Å²) in [6.07, 6.45) is 0.